The molecule has 0 saturated carbocycles. The minimum atomic E-state index is -0.272. The van der Waals surface area contributed by atoms with Gasteiger partial charge in [-0.2, -0.15) is 0 Å². The van der Waals surface area contributed by atoms with Crippen LogP contribution in [0.5, 0.6) is 11.5 Å². The van der Waals surface area contributed by atoms with Crippen LogP contribution in [0.2, 0.25) is 0 Å². The van der Waals surface area contributed by atoms with Gasteiger partial charge >= 0.3 is 11.9 Å². The molecule has 8 heteroatoms. The Morgan fingerprint density at radius 2 is 0.708 bits per heavy atom. The number of ether oxygens (including phenoxy) is 4. The number of carbonyl (C=O) groups excluding carboxylic acids is 2. The lowest BCUT2D eigenvalue weighted by atomic mass is 9.77. The van der Waals surface area contributed by atoms with Crippen molar-refractivity contribution in [1.29, 1.82) is 0 Å². The number of pyridine rings is 2. The van der Waals surface area contributed by atoms with Crippen LogP contribution in [0.15, 0.2) is 97.3 Å². The second-order valence-electron chi connectivity index (χ2n) is 23.7. The van der Waals surface area contributed by atoms with Crippen molar-refractivity contribution >= 4 is 11.9 Å². The number of benzene rings is 4. The second kappa shape index (κ2) is 21.8. The molecule has 380 valence electrons. The molecule has 0 spiro atoms. The van der Waals surface area contributed by atoms with E-state index in [1.54, 1.807) is 12.4 Å². The first-order valence-corrected chi connectivity index (χ1v) is 25.9. The molecule has 0 radical (unpaired) electrons. The molecule has 0 atom stereocenters. The summed E-state index contributed by atoms with van der Waals surface area (Å²) in [5.74, 6) is 1.01. The van der Waals surface area contributed by atoms with E-state index in [0.717, 1.165) is 89.6 Å². The first-order chi connectivity index (χ1) is 33.9. The molecule has 72 heavy (non-hydrogen) atoms. The van der Waals surface area contributed by atoms with E-state index in [1.807, 2.05) is 50.2 Å². The Balaban J connectivity index is 1.65. The topological polar surface area (TPSA) is 96.8 Å². The van der Waals surface area contributed by atoms with Crippen molar-refractivity contribution < 1.29 is 28.5 Å². The Morgan fingerprint density at radius 3 is 0.944 bits per heavy atom. The minimum Gasteiger partial charge on any atom is -0.487 e. The molecule has 6 aromatic rings. The zero-order valence-electron chi connectivity index (χ0n) is 45.7. The molecule has 0 unspecified atom stereocenters. The van der Waals surface area contributed by atoms with Gasteiger partial charge in [-0.25, -0.2) is 0 Å². The fourth-order valence-electron chi connectivity index (χ4n) is 9.61. The van der Waals surface area contributed by atoms with E-state index in [4.69, 9.17) is 18.9 Å². The third kappa shape index (κ3) is 13.2. The third-order valence-corrected chi connectivity index (χ3v) is 13.8. The molecular weight excluding hydrogens is 893 g/mol. The van der Waals surface area contributed by atoms with Crippen LogP contribution in [-0.2, 0) is 92.5 Å². The van der Waals surface area contributed by atoms with Gasteiger partial charge in [-0.15, -0.1) is 0 Å². The quantitative estimate of drug-likeness (QED) is 0.112. The first kappa shape index (κ1) is 53.5. The molecule has 0 aliphatic heterocycles. The fourth-order valence-corrected chi connectivity index (χ4v) is 9.61. The van der Waals surface area contributed by atoms with E-state index in [9.17, 15) is 9.59 Å². The van der Waals surface area contributed by atoms with Crippen LogP contribution in [0, 0.1) is 0 Å². The van der Waals surface area contributed by atoms with Crippen molar-refractivity contribution in [3.05, 3.63) is 187 Å². The van der Waals surface area contributed by atoms with Gasteiger partial charge in [0.2, 0.25) is 0 Å². The average molecular weight is 971 g/mol. The van der Waals surface area contributed by atoms with Crippen molar-refractivity contribution in [2.45, 2.75) is 170 Å². The highest BCUT2D eigenvalue weighted by Gasteiger charge is 2.30. The number of nitrogens with zero attached hydrogens (tertiary/aromatic N) is 2. The summed E-state index contributed by atoms with van der Waals surface area (Å²) in [7, 11) is 0. The van der Waals surface area contributed by atoms with Gasteiger partial charge in [-0.3, -0.25) is 19.6 Å². The number of hydrogen-bond acceptors (Lipinski definition) is 8. The molecule has 2 aromatic heterocycles. The Morgan fingerprint density at radius 1 is 0.431 bits per heavy atom. The summed E-state index contributed by atoms with van der Waals surface area (Å²) in [5, 5.41) is 0. The predicted octanol–water partition coefficient (Wildman–Crippen LogP) is 13.7. The first-order valence-electron chi connectivity index (χ1n) is 25.9. The van der Waals surface area contributed by atoms with Crippen LogP contribution in [0.4, 0.5) is 0 Å². The molecule has 1 aliphatic rings. The SMILES string of the molecule is CCOC(=O)Cc1c2cc(C(C)(C)C)cc1Cc1cc(C(C)(C)C)cc(c1OCc1ccccn1)Cc1cc(C(C)(C)C)cc(c1CC(=O)OCC)Cc1cc(C(C)(C)C)cc(c1OCc1ccccn1)C2. The van der Waals surface area contributed by atoms with Crippen molar-refractivity contribution in [1.82, 2.24) is 9.97 Å². The summed E-state index contributed by atoms with van der Waals surface area (Å²) in [6.45, 7) is 31.8. The maximum Gasteiger partial charge on any atom is 0.310 e. The van der Waals surface area contributed by atoms with Crippen LogP contribution >= 0.6 is 0 Å². The van der Waals surface area contributed by atoms with Crippen LogP contribution in [0.3, 0.4) is 0 Å². The van der Waals surface area contributed by atoms with Gasteiger partial charge in [0, 0.05) is 38.1 Å². The Labute approximate surface area is 430 Å². The van der Waals surface area contributed by atoms with Crippen molar-refractivity contribution in [2.24, 2.45) is 0 Å². The number of aromatic nitrogens is 2. The van der Waals surface area contributed by atoms with E-state index >= 15 is 0 Å². The van der Waals surface area contributed by atoms with E-state index in [2.05, 4.69) is 142 Å². The normalized spacial score (nSPS) is 13.1. The fraction of sp³-hybridized carbons (Fsp3) is 0.438. The van der Waals surface area contributed by atoms with Crippen LogP contribution < -0.4 is 9.47 Å². The zero-order chi connectivity index (χ0) is 52.2. The Bertz CT molecular complexity index is 2600. The third-order valence-electron chi connectivity index (χ3n) is 13.8. The lowest BCUT2D eigenvalue weighted by Gasteiger charge is -2.29. The van der Waals surface area contributed by atoms with Crippen LogP contribution in [0.25, 0.3) is 0 Å². The molecule has 0 amide bonds. The zero-order valence-corrected chi connectivity index (χ0v) is 45.7. The number of esters is 2. The van der Waals surface area contributed by atoms with Gasteiger partial charge in [0.05, 0.1) is 37.4 Å². The van der Waals surface area contributed by atoms with Crippen LogP contribution in [-0.4, -0.2) is 35.1 Å². The van der Waals surface area contributed by atoms with E-state index in [0.29, 0.717) is 25.7 Å². The minimum absolute atomic E-state index is 0.103. The summed E-state index contributed by atoms with van der Waals surface area (Å²) in [5.41, 5.74) is 15.5. The summed E-state index contributed by atoms with van der Waals surface area (Å²) < 4.78 is 25.8. The largest absolute Gasteiger partial charge is 0.487 e. The molecule has 4 aromatic carbocycles. The molecule has 1 aliphatic carbocycles. The second-order valence-corrected chi connectivity index (χ2v) is 23.7. The maximum atomic E-state index is 14.0. The van der Waals surface area contributed by atoms with Gasteiger partial charge in [0.15, 0.2) is 0 Å². The highest BCUT2D eigenvalue weighted by molar-refractivity contribution is 5.75. The van der Waals surface area contributed by atoms with Crippen molar-refractivity contribution in [3.8, 4) is 11.5 Å². The van der Waals surface area contributed by atoms with Crippen LogP contribution in [0.1, 0.15) is 186 Å². The summed E-state index contributed by atoms with van der Waals surface area (Å²) in [4.78, 5) is 37.3. The Hall–Kier alpha value is -6.28. The highest BCUT2D eigenvalue weighted by atomic mass is 16.5. The van der Waals surface area contributed by atoms with Crippen molar-refractivity contribution in [2.75, 3.05) is 13.2 Å². The molecule has 0 saturated heterocycles. The van der Waals surface area contributed by atoms with E-state index in [1.165, 1.54) is 11.1 Å². The van der Waals surface area contributed by atoms with Gasteiger partial charge < -0.3 is 18.9 Å². The van der Waals surface area contributed by atoms with E-state index < -0.39 is 0 Å². The standard InChI is InChI=1S/C64H78N2O6/c1-15-69-57(67)37-55-41-25-45-33-51(63(9,10)11)35-47(59(45)71-39-53-21-17-19-23-65-53)27-43-31-50(62(6,7)8)32-44(56(43)38-58(68)70-16-2)28-48-36-52(64(12,13)14)34-46(26-42(55)30-49(29-41)61(3,4)5)60(48)72-40-54-22-18-20-24-66-54/h17-24,29-36H,15-16,25-28,37-40H2,1-14H3. The van der Waals surface area contributed by atoms with Gasteiger partial charge in [0.1, 0.15) is 24.7 Å². The number of carbonyl (C=O) groups is 2. The van der Waals surface area contributed by atoms with Crippen molar-refractivity contribution in [3.63, 3.8) is 0 Å². The predicted molar refractivity (Wildman–Crippen MR) is 290 cm³/mol. The molecule has 2 heterocycles. The number of fused-ring (bicyclic) bond motifs is 8. The summed E-state index contributed by atoms with van der Waals surface area (Å²) in [6.07, 6.45) is 5.74. The molecule has 8 bridgehead atoms. The number of hydrogen-bond donors (Lipinski definition) is 0. The number of rotatable bonds is 12. The smallest absolute Gasteiger partial charge is 0.310 e. The molecule has 0 N–H and O–H groups in total. The highest BCUT2D eigenvalue weighted by Crippen LogP contribution is 2.42. The van der Waals surface area contributed by atoms with Gasteiger partial charge in [-0.1, -0.05) is 144 Å². The molecular formula is C64H78N2O6. The van der Waals surface area contributed by atoms with Gasteiger partial charge in [-0.05, 0) is 138 Å². The lowest BCUT2D eigenvalue weighted by Crippen LogP contribution is -2.20. The lowest BCUT2D eigenvalue weighted by molar-refractivity contribution is -0.143. The van der Waals surface area contributed by atoms with E-state index in [-0.39, 0.29) is 72.9 Å². The maximum absolute atomic E-state index is 14.0. The summed E-state index contributed by atoms with van der Waals surface area (Å²) in [6, 6.07) is 30.2. The average Bonchev–Trinajstić information content (AvgIpc) is 3.29. The molecule has 8 nitrogen and oxygen atoms in total. The monoisotopic (exact) mass is 971 g/mol. The Kier molecular flexibility index (Phi) is 16.2. The summed E-state index contributed by atoms with van der Waals surface area (Å²) >= 11 is 0. The molecule has 7 rings (SSSR count). The van der Waals surface area contributed by atoms with Gasteiger partial charge in [0.25, 0.3) is 0 Å². The molecule has 0 fully saturated rings.